The molecule has 10 nitrogen and oxygen atoms in total. The van der Waals surface area contributed by atoms with Gasteiger partial charge in [-0.25, -0.2) is 5.01 Å². The molecule has 1 aliphatic rings. The number of thiophene rings is 1. The van der Waals surface area contributed by atoms with Crippen LogP contribution in [0.1, 0.15) is 50.2 Å². The lowest BCUT2D eigenvalue weighted by atomic mass is 10.00. The van der Waals surface area contributed by atoms with Crippen molar-refractivity contribution in [1.29, 1.82) is 0 Å². The summed E-state index contributed by atoms with van der Waals surface area (Å²) in [7, 11) is 3.08. The van der Waals surface area contributed by atoms with E-state index in [1.54, 1.807) is 34.5 Å². The van der Waals surface area contributed by atoms with Crippen LogP contribution < -0.4 is 14.8 Å². The Kier molecular flexibility index (Phi) is 10.5. The van der Waals surface area contributed by atoms with Gasteiger partial charge >= 0.3 is 0 Å². The molecule has 0 fully saturated rings. The molecule has 5 aromatic rings. The zero-order valence-electron chi connectivity index (χ0n) is 27.0. The molecule has 0 saturated heterocycles. The lowest BCUT2D eigenvalue weighted by Gasteiger charge is -2.22. The summed E-state index contributed by atoms with van der Waals surface area (Å²) in [6.07, 6.45) is 1.38. The summed E-state index contributed by atoms with van der Waals surface area (Å²) >= 11 is 2.95. The van der Waals surface area contributed by atoms with E-state index in [0.717, 1.165) is 33.7 Å². The predicted molar refractivity (Wildman–Crippen MR) is 188 cm³/mol. The molecule has 0 spiro atoms. The van der Waals surface area contributed by atoms with E-state index in [1.165, 1.54) is 26.0 Å². The Morgan fingerprint density at radius 2 is 1.71 bits per heavy atom. The van der Waals surface area contributed by atoms with Crippen molar-refractivity contribution in [1.82, 2.24) is 25.1 Å². The van der Waals surface area contributed by atoms with Crippen LogP contribution in [-0.4, -0.2) is 57.3 Å². The number of nitrogens with zero attached hydrogens (tertiary/aromatic N) is 5. The van der Waals surface area contributed by atoms with E-state index in [4.69, 9.17) is 14.6 Å². The zero-order valence-corrected chi connectivity index (χ0v) is 28.6. The van der Waals surface area contributed by atoms with Gasteiger partial charge in [-0.3, -0.25) is 9.59 Å². The Bertz CT molecular complexity index is 1870. The first-order chi connectivity index (χ1) is 23.4. The smallest absolute Gasteiger partial charge is 0.253 e. The number of rotatable bonds is 13. The van der Waals surface area contributed by atoms with Crippen molar-refractivity contribution >= 4 is 40.6 Å². The van der Waals surface area contributed by atoms with Gasteiger partial charge in [0.1, 0.15) is 11.5 Å². The molecule has 6 rings (SSSR count). The van der Waals surface area contributed by atoms with Crippen molar-refractivity contribution in [2.45, 2.75) is 44.1 Å². The van der Waals surface area contributed by atoms with Crippen molar-refractivity contribution in [2.75, 3.05) is 20.0 Å². The topological polar surface area (TPSA) is 111 Å². The van der Waals surface area contributed by atoms with E-state index in [-0.39, 0.29) is 30.2 Å². The summed E-state index contributed by atoms with van der Waals surface area (Å²) in [4.78, 5) is 28.0. The highest BCUT2D eigenvalue weighted by molar-refractivity contribution is 7.99. The van der Waals surface area contributed by atoms with Crippen molar-refractivity contribution in [3.05, 3.63) is 123 Å². The first kappa shape index (κ1) is 33.0. The number of hydrazone groups is 1. The van der Waals surface area contributed by atoms with Crippen molar-refractivity contribution in [3.63, 3.8) is 0 Å². The minimum Gasteiger partial charge on any atom is -0.497 e. The summed E-state index contributed by atoms with van der Waals surface area (Å²) in [5, 5.41) is 20.9. The average molecular weight is 681 g/mol. The van der Waals surface area contributed by atoms with E-state index in [2.05, 4.69) is 58.8 Å². The molecule has 12 heteroatoms. The standard InChI is InChI=1S/C36H36N6O4S2/c1-24-11-13-26(14-12-24)31-21-30(32-10-7-17-47-32)40-42(31)34(43)23-48-36-39-38-33(41(36)16-15-25-8-5-4-6-9-25)22-37-35(44)27-18-28(45-2)20-29(19-27)46-3/h4-14,17-20,31H,15-16,21-23H2,1-3H3,(H,37,44)/t31-/m1/s1. The van der Waals surface area contributed by atoms with E-state index in [9.17, 15) is 9.59 Å². The minimum atomic E-state index is -0.301. The van der Waals surface area contributed by atoms with E-state index in [1.807, 2.05) is 40.3 Å². The Morgan fingerprint density at radius 1 is 0.958 bits per heavy atom. The maximum Gasteiger partial charge on any atom is 0.253 e. The summed E-state index contributed by atoms with van der Waals surface area (Å²) in [5.41, 5.74) is 4.68. The normalized spacial score (nSPS) is 14.1. The van der Waals surface area contributed by atoms with E-state index in [0.29, 0.717) is 41.0 Å². The van der Waals surface area contributed by atoms with Gasteiger partial charge in [0.2, 0.25) is 0 Å². The quantitative estimate of drug-likeness (QED) is 0.145. The molecule has 1 N–H and O–H groups in total. The second kappa shape index (κ2) is 15.3. The highest BCUT2D eigenvalue weighted by atomic mass is 32.2. The zero-order chi connectivity index (χ0) is 33.5. The fourth-order valence-corrected chi connectivity index (χ4v) is 7.00. The molecule has 48 heavy (non-hydrogen) atoms. The predicted octanol–water partition coefficient (Wildman–Crippen LogP) is 6.31. The van der Waals surface area contributed by atoms with Gasteiger partial charge in [-0.1, -0.05) is 78.0 Å². The molecule has 0 radical (unpaired) electrons. The Morgan fingerprint density at radius 3 is 2.40 bits per heavy atom. The van der Waals surface area contributed by atoms with Crippen LogP contribution in [0.3, 0.4) is 0 Å². The second-order valence-corrected chi connectivity index (χ2v) is 13.1. The van der Waals surface area contributed by atoms with Crippen molar-refractivity contribution in [2.24, 2.45) is 5.10 Å². The number of hydrogen-bond acceptors (Lipinski definition) is 9. The number of aromatic nitrogens is 3. The first-order valence-corrected chi connectivity index (χ1v) is 17.4. The van der Waals surface area contributed by atoms with Crippen LogP contribution >= 0.6 is 23.1 Å². The molecule has 0 unspecified atom stereocenters. The number of carbonyl (C=O) groups excluding carboxylic acids is 2. The van der Waals surface area contributed by atoms with Gasteiger partial charge in [-0.05, 0) is 48.1 Å². The maximum atomic E-state index is 13.8. The SMILES string of the molecule is COc1cc(OC)cc(C(=O)NCc2nnc(SCC(=O)N3N=C(c4cccs4)C[C@@H]3c3ccc(C)cc3)n2CCc2ccccc2)c1. The number of amides is 2. The molecule has 246 valence electrons. The lowest BCUT2D eigenvalue weighted by molar-refractivity contribution is -0.130. The number of benzene rings is 3. The van der Waals surface area contributed by atoms with Crippen LogP contribution in [0.5, 0.6) is 11.5 Å². The van der Waals surface area contributed by atoms with Gasteiger partial charge in [-0.15, -0.1) is 21.5 Å². The summed E-state index contributed by atoms with van der Waals surface area (Å²) in [5.74, 6) is 1.33. The largest absolute Gasteiger partial charge is 0.497 e. The minimum absolute atomic E-state index is 0.114. The van der Waals surface area contributed by atoms with E-state index >= 15 is 0 Å². The van der Waals surface area contributed by atoms with Crippen molar-refractivity contribution in [3.8, 4) is 11.5 Å². The fraction of sp³-hybridized carbons (Fsp3) is 0.250. The molecule has 2 amide bonds. The molecular weight excluding hydrogens is 645 g/mol. The van der Waals surface area contributed by atoms with Gasteiger partial charge < -0.3 is 19.4 Å². The first-order valence-electron chi connectivity index (χ1n) is 15.5. The Hall–Kier alpha value is -4.94. The van der Waals surface area contributed by atoms with Crippen LogP contribution in [0.15, 0.2) is 101 Å². The molecular formula is C36H36N6O4S2. The number of thioether (sulfide) groups is 1. The van der Waals surface area contributed by atoms with Crippen molar-refractivity contribution < 1.29 is 19.1 Å². The molecule has 0 bridgehead atoms. The number of nitrogens with one attached hydrogen (secondary N) is 1. The fourth-order valence-electron chi connectivity index (χ4n) is 5.44. The average Bonchev–Trinajstić information content (AvgIpc) is 3.90. The Balaban J connectivity index is 1.20. The molecule has 3 aromatic carbocycles. The number of methoxy groups -OCH3 is 2. The molecule has 1 atom stereocenters. The second-order valence-electron chi connectivity index (χ2n) is 11.3. The molecule has 0 aliphatic carbocycles. The van der Waals surface area contributed by atoms with Gasteiger partial charge in [-0.2, -0.15) is 5.10 Å². The number of ether oxygens (including phenoxy) is 2. The maximum absolute atomic E-state index is 13.8. The lowest BCUT2D eigenvalue weighted by Crippen LogP contribution is -2.28. The van der Waals surface area contributed by atoms with E-state index < -0.39 is 0 Å². The van der Waals surface area contributed by atoms with Crippen LogP contribution in [0.4, 0.5) is 0 Å². The Labute approximate surface area is 287 Å². The summed E-state index contributed by atoms with van der Waals surface area (Å²) < 4.78 is 12.6. The van der Waals surface area contributed by atoms with Gasteiger partial charge in [0.05, 0.1) is 43.1 Å². The molecule has 1 aliphatic heterocycles. The molecule has 2 aromatic heterocycles. The number of hydrogen-bond donors (Lipinski definition) is 1. The monoisotopic (exact) mass is 680 g/mol. The summed E-state index contributed by atoms with van der Waals surface area (Å²) in [6.45, 7) is 2.77. The third-order valence-electron chi connectivity index (χ3n) is 8.04. The van der Waals surface area contributed by atoms with Gasteiger partial charge in [0.25, 0.3) is 11.8 Å². The van der Waals surface area contributed by atoms with Crippen LogP contribution in [-0.2, 0) is 24.3 Å². The third kappa shape index (κ3) is 7.77. The summed E-state index contributed by atoms with van der Waals surface area (Å²) in [6, 6.07) is 27.3. The molecule has 3 heterocycles. The number of aryl methyl sites for hydroxylation is 2. The highest BCUT2D eigenvalue weighted by Crippen LogP contribution is 2.35. The van der Waals surface area contributed by atoms with Crippen LogP contribution in [0.2, 0.25) is 0 Å². The van der Waals surface area contributed by atoms with Crippen LogP contribution in [0, 0.1) is 6.92 Å². The number of carbonyl (C=O) groups is 2. The van der Waals surface area contributed by atoms with Gasteiger partial charge in [0.15, 0.2) is 11.0 Å². The molecule has 0 saturated carbocycles. The third-order valence-corrected chi connectivity index (χ3v) is 9.91. The highest BCUT2D eigenvalue weighted by Gasteiger charge is 2.33. The van der Waals surface area contributed by atoms with Crippen LogP contribution in [0.25, 0.3) is 0 Å². The van der Waals surface area contributed by atoms with Gasteiger partial charge in [0, 0.05) is 24.6 Å².